The largest absolute Gasteiger partial charge is 0.373 e. The monoisotopic (exact) mass is 372 g/mol. The lowest BCUT2D eigenvalue weighted by Gasteiger charge is -2.35. The maximum Gasteiger partial charge on any atom is 0.251 e. The van der Waals surface area contributed by atoms with E-state index in [2.05, 4.69) is 26.1 Å². The van der Waals surface area contributed by atoms with Crippen LogP contribution in [0.3, 0.4) is 0 Å². The smallest absolute Gasteiger partial charge is 0.251 e. The van der Waals surface area contributed by atoms with Crippen LogP contribution < -0.4 is 5.32 Å². The number of amides is 1. The zero-order valence-corrected chi connectivity index (χ0v) is 14.0. The molecule has 6 heteroatoms. The summed E-state index contributed by atoms with van der Waals surface area (Å²) in [5, 5.41) is 3.47. The molecule has 0 radical (unpaired) electrons. The van der Waals surface area contributed by atoms with Crippen molar-refractivity contribution >= 4 is 33.4 Å². The number of halogens is 2. The van der Waals surface area contributed by atoms with E-state index in [1.54, 1.807) is 18.2 Å². The number of benzene rings is 1. The first-order valence-corrected chi connectivity index (χ1v) is 8.39. The quantitative estimate of drug-likeness (QED) is 0.886. The van der Waals surface area contributed by atoms with Gasteiger partial charge in [0, 0.05) is 29.2 Å². The highest BCUT2D eigenvalue weighted by Crippen LogP contribution is 2.24. The molecule has 1 N–H and O–H groups in total. The van der Waals surface area contributed by atoms with E-state index in [9.17, 15) is 4.79 Å². The van der Waals surface area contributed by atoms with Gasteiger partial charge in [0.15, 0.2) is 0 Å². The third-order valence-corrected chi connectivity index (χ3v) is 5.37. The standard InChI is InChI=1S/C15H18BrClN2O2/c16-13-4-3-10(6-14(13)17)15(20)18-7-12-8-19-5-1-2-11(19)9-21-12/h3-4,6,11-12H,1-2,5,7-9H2,(H,18,20). The van der Waals surface area contributed by atoms with Crippen molar-refractivity contribution in [3.05, 3.63) is 33.3 Å². The van der Waals surface area contributed by atoms with Gasteiger partial charge in [-0.15, -0.1) is 0 Å². The maximum absolute atomic E-state index is 12.1. The Morgan fingerprint density at radius 2 is 2.38 bits per heavy atom. The van der Waals surface area contributed by atoms with E-state index >= 15 is 0 Å². The van der Waals surface area contributed by atoms with Crippen LogP contribution in [0.4, 0.5) is 0 Å². The molecule has 2 atom stereocenters. The SMILES string of the molecule is O=C(NCC1CN2CCCC2CO1)c1ccc(Br)c(Cl)c1. The van der Waals surface area contributed by atoms with Gasteiger partial charge < -0.3 is 10.1 Å². The van der Waals surface area contributed by atoms with Crippen molar-refractivity contribution in [2.45, 2.75) is 25.0 Å². The Bertz CT molecular complexity index is 540. The summed E-state index contributed by atoms with van der Waals surface area (Å²) in [6.45, 7) is 3.38. The average Bonchev–Trinajstić information content (AvgIpc) is 2.95. The summed E-state index contributed by atoms with van der Waals surface area (Å²) in [5.41, 5.74) is 0.568. The molecule has 1 aromatic rings. The lowest BCUT2D eigenvalue weighted by Crippen LogP contribution is -2.50. The molecule has 3 rings (SSSR count). The van der Waals surface area contributed by atoms with Crippen molar-refractivity contribution in [1.29, 1.82) is 0 Å². The summed E-state index contributed by atoms with van der Waals surface area (Å²) in [4.78, 5) is 14.6. The van der Waals surface area contributed by atoms with Gasteiger partial charge in [0.1, 0.15) is 0 Å². The summed E-state index contributed by atoms with van der Waals surface area (Å²) in [7, 11) is 0. The second-order valence-corrected chi connectivity index (χ2v) is 6.85. The molecule has 0 aromatic heterocycles. The highest BCUT2D eigenvalue weighted by atomic mass is 79.9. The van der Waals surface area contributed by atoms with Crippen LogP contribution in [0, 0.1) is 0 Å². The number of nitrogens with one attached hydrogen (secondary N) is 1. The fourth-order valence-corrected chi connectivity index (χ4v) is 3.38. The van der Waals surface area contributed by atoms with Gasteiger partial charge in [0.2, 0.25) is 0 Å². The van der Waals surface area contributed by atoms with Gasteiger partial charge in [-0.25, -0.2) is 0 Å². The summed E-state index contributed by atoms with van der Waals surface area (Å²) in [5.74, 6) is -0.114. The number of nitrogens with zero attached hydrogens (tertiary/aromatic N) is 1. The minimum atomic E-state index is -0.114. The Balaban J connectivity index is 1.52. The number of carbonyl (C=O) groups is 1. The second-order valence-electron chi connectivity index (χ2n) is 5.59. The molecule has 1 amide bonds. The normalized spacial score (nSPS) is 25.6. The van der Waals surface area contributed by atoms with Gasteiger partial charge in [-0.1, -0.05) is 11.6 Å². The molecule has 21 heavy (non-hydrogen) atoms. The van der Waals surface area contributed by atoms with E-state index in [4.69, 9.17) is 16.3 Å². The van der Waals surface area contributed by atoms with E-state index in [-0.39, 0.29) is 12.0 Å². The maximum atomic E-state index is 12.1. The van der Waals surface area contributed by atoms with Crippen LogP contribution in [-0.2, 0) is 4.74 Å². The molecule has 1 aromatic carbocycles. The average molecular weight is 374 g/mol. The molecule has 4 nitrogen and oxygen atoms in total. The first-order chi connectivity index (χ1) is 10.1. The number of rotatable bonds is 3. The summed E-state index contributed by atoms with van der Waals surface area (Å²) in [6, 6.07) is 5.79. The zero-order valence-electron chi connectivity index (χ0n) is 11.6. The molecule has 2 unspecified atom stereocenters. The summed E-state index contributed by atoms with van der Waals surface area (Å²) >= 11 is 9.33. The molecule has 2 heterocycles. The molecule has 2 fully saturated rings. The predicted molar refractivity (Wildman–Crippen MR) is 85.8 cm³/mol. The number of carbonyl (C=O) groups excluding carboxylic acids is 1. The molecule has 2 saturated heterocycles. The molecule has 114 valence electrons. The van der Waals surface area contributed by atoms with Crippen LogP contribution in [0.25, 0.3) is 0 Å². The van der Waals surface area contributed by atoms with Gasteiger partial charge in [-0.05, 0) is 53.5 Å². The number of fused-ring (bicyclic) bond motifs is 1. The fourth-order valence-electron chi connectivity index (χ4n) is 2.96. The molecule has 2 aliphatic rings. The number of ether oxygens (including phenoxy) is 1. The van der Waals surface area contributed by atoms with E-state index in [1.165, 1.54) is 12.8 Å². The topological polar surface area (TPSA) is 41.6 Å². The molecule has 0 spiro atoms. The van der Waals surface area contributed by atoms with E-state index < -0.39 is 0 Å². The van der Waals surface area contributed by atoms with E-state index in [1.807, 2.05) is 0 Å². The van der Waals surface area contributed by atoms with Gasteiger partial charge in [0.05, 0.1) is 17.7 Å². The number of morpholine rings is 1. The van der Waals surface area contributed by atoms with E-state index in [0.717, 1.165) is 24.2 Å². The molecular formula is C15H18BrClN2O2. The van der Waals surface area contributed by atoms with Crippen LogP contribution >= 0.6 is 27.5 Å². The van der Waals surface area contributed by atoms with Crippen LogP contribution in [0.5, 0.6) is 0 Å². The van der Waals surface area contributed by atoms with Gasteiger partial charge >= 0.3 is 0 Å². The molecule has 0 saturated carbocycles. The summed E-state index contributed by atoms with van der Waals surface area (Å²) < 4.78 is 6.62. The van der Waals surface area contributed by atoms with Gasteiger partial charge in [-0.2, -0.15) is 0 Å². The fraction of sp³-hybridized carbons (Fsp3) is 0.533. The highest BCUT2D eigenvalue weighted by molar-refractivity contribution is 9.10. The first kappa shape index (κ1) is 15.3. The Labute approximate surface area is 137 Å². The van der Waals surface area contributed by atoms with Gasteiger partial charge in [0.25, 0.3) is 5.91 Å². The summed E-state index contributed by atoms with van der Waals surface area (Å²) in [6.07, 6.45) is 2.57. The lowest BCUT2D eigenvalue weighted by atomic mass is 10.1. The van der Waals surface area contributed by atoms with E-state index in [0.29, 0.717) is 23.2 Å². The Hall–Kier alpha value is -0.620. The Morgan fingerprint density at radius 3 is 3.19 bits per heavy atom. The zero-order chi connectivity index (χ0) is 14.8. The number of hydrogen-bond donors (Lipinski definition) is 1. The molecule has 2 aliphatic heterocycles. The third-order valence-electron chi connectivity index (χ3n) is 4.13. The minimum absolute atomic E-state index is 0.0780. The van der Waals surface area contributed by atoms with Crippen LogP contribution in [0.2, 0.25) is 5.02 Å². The van der Waals surface area contributed by atoms with Crippen molar-refractivity contribution in [1.82, 2.24) is 10.2 Å². The Kier molecular flexibility index (Phi) is 4.84. The third kappa shape index (κ3) is 3.59. The van der Waals surface area contributed by atoms with Crippen molar-refractivity contribution in [3.8, 4) is 0 Å². The lowest BCUT2D eigenvalue weighted by molar-refractivity contribution is -0.0461. The van der Waals surface area contributed by atoms with Crippen LogP contribution in [0.1, 0.15) is 23.2 Å². The molecule has 0 bridgehead atoms. The van der Waals surface area contributed by atoms with Crippen molar-refractivity contribution in [2.75, 3.05) is 26.2 Å². The first-order valence-electron chi connectivity index (χ1n) is 7.22. The molecule has 0 aliphatic carbocycles. The Morgan fingerprint density at radius 1 is 1.52 bits per heavy atom. The second kappa shape index (κ2) is 6.65. The van der Waals surface area contributed by atoms with Crippen molar-refractivity contribution < 1.29 is 9.53 Å². The number of hydrogen-bond acceptors (Lipinski definition) is 3. The minimum Gasteiger partial charge on any atom is -0.373 e. The highest BCUT2D eigenvalue weighted by Gasteiger charge is 2.32. The predicted octanol–water partition coefficient (Wildman–Crippen LogP) is 2.70. The molecular weight excluding hydrogens is 356 g/mol. The van der Waals surface area contributed by atoms with Crippen molar-refractivity contribution in [3.63, 3.8) is 0 Å². The van der Waals surface area contributed by atoms with Gasteiger partial charge in [-0.3, -0.25) is 9.69 Å². The van der Waals surface area contributed by atoms with Crippen LogP contribution in [-0.4, -0.2) is 49.2 Å². The van der Waals surface area contributed by atoms with Crippen molar-refractivity contribution in [2.24, 2.45) is 0 Å². The van der Waals surface area contributed by atoms with Crippen LogP contribution in [0.15, 0.2) is 22.7 Å².